The fourth-order valence-corrected chi connectivity index (χ4v) is 3.35. The van der Waals surface area contributed by atoms with Gasteiger partial charge in [-0.3, -0.25) is 4.90 Å². The lowest BCUT2D eigenvalue weighted by Gasteiger charge is -2.35. The number of ether oxygens (including phenoxy) is 1. The Morgan fingerprint density at radius 1 is 1.15 bits per heavy atom. The van der Waals surface area contributed by atoms with Gasteiger partial charge in [0.2, 0.25) is 0 Å². The predicted octanol–water partition coefficient (Wildman–Crippen LogP) is 4.14. The van der Waals surface area contributed by atoms with Crippen LogP contribution in [0, 0.1) is 0 Å². The minimum Gasteiger partial charge on any atom is -0.432 e. The third-order valence-electron chi connectivity index (χ3n) is 4.89. The van der Waals surface area contributed by atoms with Gasteiger partial charge in [-0.2, -0.15) is 0 Å². The van der Waals surface area contributed by atoms with E-state index in [1.807, 2.05) is 18.0 Å². The molecule has 0 radical (unpaired) electrons. The summed E-state index contributed by atoms with van der Waals surface area (Å²) in [5.41, 5.74) is 0.691. The van der Waals surface area contributed by atoms with E-state index in [0.717, 1.165) is 12.8 Å². The van der Waals surface area contributed by atoms with Crippen molar-refractivity contribution in [2.45, 2.75) is 57.7 Å². The van der Waals surface area contributed by atoms with E-state index in [9.17, 15) is 23.1 Å². The first kappa shape index (κ1) is 22.9. The summed E-state index contributed by atoms with van der Waals surface area (Å²) in [4.78, 5) is 12.3. The van der Waals surface area contributed by atoms with Crippen molar-refractivity contribution in [3.05, 3.63) is 29.8 Å². The molecule has 1 aromatic rings. The van der Waals surface area contributed by atoms with Crippen LogP contribution in [-0.4, -0.2) is 49.2 Å². The molecule has 150 valence electrons. The summed E-state index contributed by atoms with van der Waals surface area (Å²) in [6.45, 7) is 9.50. The number of rotatable bonds is 10. The van der Waals surface area contributed by atoms with E-state index < -0.39 is 14.7 Å². The summed E-state index contributed by atoms with van der Waals surface area (Å²) in [7, 11) is -2.27. The second-order valence-corrected chi connectivity index (χ2v) is 12.2. The van der Waals surface area contributed by atoms with Crippen molar-refractivity contribution in [3.63, 3.8) is 0 Å². The maximum Gasteiger partial charge on any atom is 0.573 e. The Bertz CT molecular complexity index is 559. The standard InChI is InChI=1S/C18H30F3NO3Si/c1-17(2,26(3,4)24)9-6-10-22(11-12-23)14-15-7-5-8-16(13-15)25-18(19,20)21/h5,7-8,13,23-24H,6,9-12,14H2,1-4H3. The normalized spacial score (nSPS) is 13.3. The lowest BCUT2D eigenvalue weighted by atomic mass is 10.1. The van der Waals surface area contributed by atoms with Crippen LogP contribution < -0.4 is 4.74 Å². The minimum atomic E-state index is -4.71. The Kier molecular flexibility index (Phi) is 8.13. The van der Waals surface area contributed by atoms with Gasteiger partial charge in [-0.25, -0.2) is 0 Å². The van der Waals surface area contributed by atoms with E-state index in [1.54, 1.807) is 6.07 Å². The average molecular weight is 394 g/mol. The van der Waals surface area contributed by atoms with Crippen LogP contribution in [-0.2, 0) is 6.54 Å². The fourth-order valence-electron chi connectivity index (χ4n) is 2.56. The van der Waals surface area contributed by atoms with E-state index in [-0.39, 0.29) is 17.4 Å². The number of benzene rings is 1. The zero-order valence-electron chi connectivity index (χ0n) is 15.9. The van der Waals surface area contributed by atoms with Crippen LogP contribution in [0.3, 0.4) is 0 Å². The van der Waals surface area contributed by atoms with E-state index in [1.165, 1.54) is 18.2 Å². The van der Waals surface area contributed by atoms with Crippen molar-refractivity contribution in [2.24, 2.45) is 0 Å². The summed E-state index contributed by atoms with van der Waals surface area (Å²) in [5, 5.41) is 9.14. The molecule has 0 spiro atoms. The third kappa shape index (κ3) is 8.07. The molecule has 0 heterocycles. The molecule has 0 bridgehead atoms. The largest absolute Gasteiger partial charge is 0.573 e. The lowest BCUT2D eigenvalue weighted by molar-refractivity contribution is -0.274. The predicted molar refractivity (Wildman–Crippen MR) is 98.5 cm³/mol. The van der Waals surface area contributed by atoms with E-state index in [4.69, 9.17) is 0 Å². The topological polar surface area (TPSA) is 52.9 Å². The molecule has 0 unspecified atom stereocenters. The Hall–Kier alpha value is -1.09. The molecule has 0 aliphatic carbocycles. The van der Waals surface area contributed by atoms with Gasteiger partial charge in [0.25, 0.3) is 0 Å². The smallest absolute Gasteiger partial charge is 0.432 e. The van der Waals surface area contributed by atoms with Gasteiger partial charge in [0, 0.05) is 13.1 Å². The van der Waals surface area contributed by atoms with Crippen molar-refractivity contribution in [2.75, 3.05) is 19.7 Å². The molecule has 0 saturated carbocycles. The molecule has 0 aliphatic heterocycles. The monoisotopic (exact) mass is 393 g/mol. The second kappa shape index (κ2) is 9.21. The van der Waals surface area contributed by atoms with Crippen LogP contribution in [0.5, 0.6) is 5.75 Å². The zero-order chi connectivity index (χ0) is 20.0. The third-order valence-corrected chi connectivity index (χ3v) is 8.45. The van der Waals surface area contributed by atoms with Gasteiger partial charge in [-0.05, 0) is 55.2 Å². The molecule has 0 atom stereocenters. The zero-order valence-corrected chi connectivity index (χ0v) is 16.9. The molecule has 1 aromatic carbocycles. The van der Waals surface area contributed by atoms with Gasteiger partial charge in [0.1, 0.15) is 5.75 Å². The molecule has 0 amide bonds. The van der Waals surface area contributed by atoms with Gasteiger partial charge < -0.3 is 14.6 Å². The summed E-state index contributed by atoms with van der Waals surface area (Å²) in [5.74, 6) is -0.242. The lowest BCUT2D eigenvalue weighted by Crippen LogP contribution is -2.39. The first-order valence-corrected chi connectivity index (χ1v) is 11.7. The van der Waals surface area contributed by atoms with Crippen molar-refractivity contribution in [1.29, 1.82) is 0 Å². The molecule has 0 saturated heterocycles. The Morgan fingerprint density at radius 2 is 1.81 bits per heavy atom. The first-order chi connectivity index (χ1) is 11.8. The average Bonchev–Trinajstić information content (AvgIpc) is 2.44. The molecule has 8 heteroatoms. The van der Waals surface area contributed by atoms with Crippen LogP contribution in [0.15, 0.2) is 24.3 Å². The van der Waals surface area contributed by atoms with E-state index in [2.05, 4.69) is 18.6 Å². The number of hydrogen-bond acceptors (Lipinski definition) is 4. The Morgan fingerprint density at radius 3 is 2.35 bits per heavy atom. The van der Waals surface area contributed by atoms with Crippen molar-refractivity contribution >= 4 is 8.32 Å². The second-order valence-electron chi connectivity index (χ2n) is 7.74. The van der Waals surface area contributed by atoms with Crippen LogP contribution in [0.25, 0.3) is 0 Å². The van der Waals surface area contributed by atoms with Gasteiger partial charge in [0.15, 0.2) is 8.32 Å². The summed E-state index contributed by atoms with van der Waals surface area (Å²) in [6, 6.07) is 5.90. The maximum atomic E-state index is 12.3. The minimum absolute atomic E-state index is 0.0254. The van der Waals surface area contributed by atoms with Crippen molar-refractivity contribution in [1.82, 2.24) is 4.90 Å². The molecule has 1 rings (SSSR count). The number of halogens is 3. The van der Waals surface area contributed by atoms with Gasteiger partial charge in [-0.15, -0.1) is 13.2 Å². The summed E-state index contributed by atoms with van der Waals surface area (Å²) < 4.78 is 41.0. The molecule has 26 heavy (non-hydrogen) atoms. The molecular weight excluding hydrogens is 363 g/mol. The van der Waals surface area contributed by atoms with Crippen LogP contribution >= 0.6 is 0 Å². The SMILES string of the molecule is CC(C)(CCCN(CCO)Cc1cccc(OC(F)(F)F)c1)[Si](C)(C)O. The molecule has 2 N–H and O–H groups in total. The van der Waals surface area contributed by atoms with E-state index in [0.29, 0.717) is 25.2 Å². The molecule has 0 aliphatic rings. The summed E-state index contributed by atoms with van der Waals surface area (Å²) >= 11 is 0. The van der Waals surface area contributed by atoms with Gasteiger partial charge in [0.05, 0.1) is 6.61 Å². The first-order valence-electron chi connectivity index (χ1n) is 8.74. The van der Waals surface area contributed by atoms with Gasteiger partial charge in [-0.1, -0.05) is 26.0 Å². The highest BCUT2D eigenvalue weighted by Crippen LogP contribution is 2.39. The number of aliphatic hydroxyl groups excluding tert-OH is 1. The van der Waals surface area contributed by atoms with Crippen molar-refractivity contribution < 1.29 is 27.8 Å². The van der Waals surface area contributed by atoms with Gasteiger partial charge >= 0.3 is 6.36 Å². The number of nitrogens with zero attached hydrogens (tertiary/aromatic N) is 1. The summed E-state index contributed by atoms with van der Waals surface area (Å²) in [6.07, 6.45) is -3.03. The highest BCUT2D eigenvalue weighted by Gasteiger charge is 2.37. The molecule has 4 nitrogen and oxygen atoms in total. The molecule has 0 fully saturated rings. The quantitative estimate of drug-likeness (QED) is 0.587. The highest BCUT2D eigenvalue weighted by molar-refractivity contribution is 6.72. The number of hydrogen-bond donors (Lipinski definition) is 2. The number of aliphatic hydroxyl groups is 1. The number of alkyl halides is 3. The Labute approximate surface area is 154 Å². The Balaban J connectivity index is 2.67. The molecular formula is C18H30F3NO3Si. The van der Waals surface area contributed by atoms with Crippen molar-refractivity contribution in [3.8, 4) is 5.75 Å². The van der Waals surface area contributed by atoms with Crippen LogP contribution in [0.1, 0.15) is 32.3 Å². The van der Waals surface area contributed by atoms with Crippen LogP contribution in [0.4, 0.5) is 13.2 Å². The van der Waals surface area contributed by atoms with Crippen LogP contribution in [0.2, 0.25) is 18.1 Å². The maximum absolute atomic E-state index is 12.3. The fraction of sp³-hybridized carbons (Fsp3) is 0.667. The van der Waals surface area contributed by atoms with E-state index >= 15 is 0 Å². The molecule has 0 aromatic heterocycles. The highest BCUT2D eigenvalue weighted by atomic mass is 28.4.